The van der Waals surface area contributed by atoms with Gasteiger partial charge in [-0.05, 0) is 37.3 Å². The molecule has 6 heteroatoms. The predicted octanol–water partition coefficient (Wildman–Crippen LogP) is 5.15. The van der Waals surface area contributed by atoms with E-state index in [9.17, 15) is 9.59 Å². The highest BCUT2D eigenvalue weighted by Gasteiger charge is 2.24. The van der Waals surface area contributed by atoms with Gasteiger partial charge in [0.1, 0.15) is 23.7 Å². The van der Waals surface area contributed by atoms with Crippen LogP contribution in [0.15, 0.2) is 29.2 Å². The fourth-order valence-corrected chi connectivity index (χ4v) is 3.04. The second kappa shape index (κ2) is 10.9. The van der Waals surface area contributed by atoms with Crippen LogP contribution in [-0.4, -0.2) is 28.9 Å². The molecule has 1 aromatic carbocycles. The van der Waals surface area contributed by atoms with E-state index in [4.69, 9.17) is 14.6 Å². The lowest BCUT2D eigenvalue weighted by atomic mass is 10.0. The Bertz CT molecular complexity index is 928. The summed E-state index contributed by atoms with van der Waals surface area (Å²) in [5.74, 6) is 0.896. The summed E-state index contributed by atoms with van der Waals surface area (Å²) in [6, 6.07) is 5.19. The zero-order chi connectivity index (χ0) is 22.3. The van der Waals surface area contributed by atoms with Crippen LogP contribution in [0, 0.1) is 12.8 Å². The first-order valence-corrected chi connectivity index (χ1v) is 10.8. The van der Waals surface area contributed by atoms with Gasteiger partial charge < -0.3 is 19.1 Å². The van der Waals surface area contributed by atoms with E-state index in [1.807, 2.05) is 32.9 Å². The Morgan fingerprint density at radius 2 is 1.90 bits per heavy atom. The highest BCUT2D eigenvalue weighted by Crippen LogP contribution is 2.38. The van der Waals surface area contributed by atoms with Gasteiger partial charge in [0.15, 0.2) is 5.43 Å². The van der Waals surface area contributed by atoms with Crippen molar-refractivity contribution in [3.05, 3.63) is 45.7 Å². The first-order chi connectivity index (χ1) is 14.4. The average Bonchev–Trinajstić information content (AvgIpc) is 3.55. The van der Waals surface area contributed by atoms with E-state index in [2.05, 4.69) is 13.8 Å². The number of rotatable bonds is 4. The molecule has 1 saturated carbocycles. The molecule has 4 rings (SSSR count). The molecule has 2 aromatic rings. The lowest BCUT2D eigenvalue weighted by molar-refractivity contribution is 0.0694. The molecule has 1 aromatic heterocycles. The van der Waals surface area contributed by atoms with Crippen LogP contribution < -0.4 is 14.9 Å². The minimum atomic E-state index is -1.22. The normalized spacial score (nSPS) is 13.8. The van der Waals surface area contributed by atoms with Crippen LogP contribution in [0.5, 0.6) is 11.5 Å². The van der Waals surface area contributed by atoms with Crippen LogP contribution in [0.25, 0.3) is 11.3 Å². The molecular weight excluding hydrogens is 382 g/mol. The van der Waals surface area contributed by atoms with Crippen molar-refractivity contribution >= 4 is 5.97 Å². The maximum Gasteiger partial charge on any atom is 0.341 e. The first kappa shape index (κ1) is 23.5. The van der Waals surface area contributed by atoms with Crippen molar-refractivity contribution in [2.24, 2.45) is 5.92 Å². The van der Waals surface area contributed by atoms with E-state index < -0.39 is 11.4 Å². The van der Waals surface area contributed by atoms with Gasteiger partial charge in [-0.3, -0.25) is 4.79 Å². The summed E-state index contributed by atoms with van der Waals surface area (Å²) < 4.78 is 13.5. The van der Waals surface area contributed by atoms with Gasteiger partial charge >= 0.3 is 5.97 Å². The Labute approximate surface area is 178 Å². The van der Waals surface area contributed by atoms with Gasteiger partial charge in [-0.1, -0.05) is 34.1 Å². The Kier molecular flexibility index (Phi) is 8.51. The van der Waals surface area contributed by atoms with Crippen molar-refractivity contribution in [1.29, 1.82) is 0 Å². The van der Waals surface area contributed by atoms with Gasteiger partial charge in [-0.25, -0.2) is 4.79 Å². The van der Waals surface area contributed by atoms with Crippen LogP contribution in [-0.2, 0) is 6.54 Å². The lowest BCUT2D eigenvalue weighted by Crippen LogP contribution is -2.19. The Morgan fingerprint density at radius 1 is 1.23 bits per heavy atom. The number of aromatic carboxylic acids is 1. The second-order valence-corrected chi connectivity index (χ2v) is 7.36. The molecule has 6 nitrogen and oxygen atoms in total. The highest BCUT2D eigenvalue weighted by atomic mass is 16.5. The number of nitrogens with zero attached hydrogens (tertiary/aromatic N) is 1. The summed E-state index contributed by atoms with van der Waals surface area (Å²) in [6.07, 6.45) is 5.09. The average molecular weight is 416 g/mol. The summed E-state index contributed by atoms with van der Waals surface area (Å²) >= 11 is 0. The van der Waals surface area contributed by atoms with Crippen molar-refractivity contribution in [2.75, 3.05) is 13.2 Å². The highest BCUT2D eigenvalue weighted by molar-refractivity contribution is 5.87. The molecule has 0 spiro atoms. The smallest absolute Gasteiger partial charge is 0.341 e. The van der Waals surface area contributed by atoms with Gasteiger partial charge in [0.2, 0.25) is 0 Å². The molecule has 0 unspecified atom stereocenters. The molecule has 1 aliphatic heterocycles. The van der Waals surface area contributed by atoms with Crippen LogP contribution in [0.4, 0.5) is 0 Å². The number of aryl methyl sites for hydroxylation is 1. The summed E-state index contributed by atoms with van der Waals surface area (Å²) in [5, 5.41) is 9.16. The third-order valence-corrected chi connectivity index (χ3v) is 4.67. The molecular formula is C24H33NO5. The van der Waals surface area contributed by atoms with Crippen molar-refractivity contribution in [1.82, 2.24) is 4.57 Å². The summed E-state index contributed by atoms with van der Waals surface area (Å²) in [4.78, 5) is 23.3. The zero-order valence-electron chi connectivity index (χ0n) is 18.7. The summed E-state index contributed by atoms with van der Waals surface area (Å²) in [5.41, 5.74) is 1.68. The van der Waals surface area contributed by atoms with Crippen molar-refractivity contribution in [3.8, 4) is 22.8 Å². The number of carbonyl (C=O) groups is 1. The molecule has 2 aliphatic rings. The minimum Gasteiger partial charge on any atom is -0.493 e. The number of fused-ring (bicyclic) bond motifs is 3. The number of hydrogen-bond donors (Lipinski definition) is 1. The quantitative estimate of drug-likeness (QED) is 0.748. The van der Waals surface area contributed by atoms with E-state index in [0.29, 0.717) is 30.5 Å². The number of benzene rings is 1. The number of hydrogen-bond acceptors (Lipinski definition) is 4. The van der Waals surface area contributed by atoms with E-state index in [1.54, 1.807) is 4.57 Å². The van der Waals surface area contributed by atoms with Crippen LogP contribution >= 0.6 is 0 Å². The fourth-order valence-electron chi connectivity index (χ4n) is 3.04. The van der Waals surface area contributed by atoms with Gasteiger partial charge in [-0.2, -0.15) is 0 Å². The molecule has 1 fully saturated rings. The maximum atomic E-state index is 12.1. The lowest BCUT2D eigenvalue weighted by Gasteiger charge is -2.15. The van der Waals surface area contributed by atoms with Gasteiger partial charge in [0, 0.05) is 23.9 Å². The van der Waals surface area contributed by atoms with E-state index in [1.165, 1.54) is 31.5 Å². The number of carboxylic acids is 1. The van der Waals surface area contributed by atoms with Crippen molar-refractivity contribution < 1.29 is 19.4 Å². The second-order valence-electron chi connectivity index (χ2n) is 7.36. The molecule has 0 bridgehead atoms. The SMILES string of the molecule is CC.CCC.Cc1cc2c(cc1OCC1CC1)OCCn1cc(C(=O)O)c(=O)cc1-2. The number of pyridine rings is 1. The molecule has 164 valence electrons. The Balaban J connectivity index is 0.000000590. The van der Waals surface area contributed by atoms with E-state index in [-0.39, 0.29) is 5.56 Å². The largest absolute Gasteiger partial charge is 0.493 e. The Morgan fingerprint density at radius 3 is 2.50 bits per heavy atom. The van der Waals surface area contributed by atoms with Crippen molar-refractivity contribution in [2.45, 2.75) is 60.4 Å². The first-order valence-electron chi connectivity index (χ1n) is 10.8. The van der Waals surface area contributed by atoms with Crippen molar-refractivity contribution in [3.63, 3.8) is 0 Å². The van der Waals surface area contributed by atoms with Gasteiger partial charge in [0.25, 0.3) is 0 Å². The molecule has 30 heavy (non-hydrogen) atoms. The number of carboxylic acid groups (broad SMARTS) is 1. The molecule has 2 heterocycles. The molecule has 0 radical (unpaired) electrons. The summed E-state index contributed by atoms with van der Waals surface area (Å²) in [6.45, 7) is 11.8. The van der Waals surface area contributed by atoms with Crippen LogP contribution in [0.1, 0.15) is 62.9 Å². The van der Waals surface area contributed by atoms with Gasteiger partial charge in [0.05, 0.1) is 18.8 Å². The van der Waals surface area contributed by atoms with Gasteiger partial charge in [-0.15, -0.1) is 0 Å². The minimum absolute atomic E-state index is 0.228. The van der Waals surface area contributed by atoms with E-state index in [0.717, 1.165) is 23.5 Å². The molecule has 0 saturated heterocycles. The monoisotopic (exact) mass is 415 g/mol. The maximum absolute atomic E-state index is 12.1. The number of ether oxygens (including phenoxy) is 2. The molecule has 1 N–H and O–H groups in total. The summed E-state index contributed by atoms with van der Waals surface area (Å²) in [7, 11) is 0. The third-order valence-electron chi connectivity index (χ3n) is 4.67. The van der Waals surface area contributed by atoms with Crippen LogP contribution in [0.3, 0.4) is 0 Å². The molecule has 0 atom stereocenters. The zero-order valence-corrected chi connectivity index (χ0v) is 18.7. The topological polar surface area (TPSA) is 77.8 Å². The third kappa shape index (κ3) is 5.65. The van der Waals surface area contributed by atoms with E-state index >= 15 is 0 Å². The predicted molar refractivity (Wildman–Crippen MR) is 119 cm³/mol. The van der Waals surface area contributed by atoms with Crippen LogP contribution in [0.2, 0.25) is 0 Å². The standard InChI is InChI=1S/C19H19NO5.C3H8.C2H6/c1-11-6-13-15-7-16(21)14(19(22)23)9-20(15)4-5-24-18(13)8-17(11)25-10-12-2-3-12;1-3-2;1-2/h6-9,12H,2-5,10H2,1H3,(H,22,23);3H2,1-2H3;1-2H3. The fraction of sp³-hybridized carbons (Fsp3) is 0.500. The molecule has 0 amide bonds. The molecule has 1 aliphatic carbocycles. The number of aromatic nitrogens is 1. The Hall–Kier alpha value is -2.76.